The second kappa shape index (κ2) is 3.34. The van der Waals surface area contributed by atoms with E-state index < -0.39 is 6.16 Å². The molecule has 2 N–H and O–H groups in total. The Kier molecular flexibility index (Phi) is 2.17. The molecule has 0 aliphatic rings. The molecule has 0 aliphatic carbocycles. The fraction of sp³-hybridized carbons (Fsp3) is 0. The maximum atomic E-state index is 10.3. The zero-order valence-corrected chi connectivity index (χ0v) is 8.54. The van der Waals surface area contributed by atoms with Gasteiger partial charge in [-0.3, -0.25) is 0 Å². The van der Waals surface area contributed by atoms with Crippen LogP contribution in [0.3, 0.4) is 0 Å². The first-order valence-corrected chi connectivity index (χ1v) is 4.65. The molecule has 2 aromatic rings. The first kappa shape index (κ1) is 9.08. The first-order chi connectivity index (χ1) is 6.68. The third-order valence-electron chi connectivity index (χ3n) is 1.80. The van der Waals surface area contributed by atoms with Crippen molar-refractivity contribution in [3.05, 3.63) is 28.7 Å². The summed E-state index contributed by atoms with van der Waals surface area (Å²) in [6.07, 6.45) is -1.34. The molecule has 0 radical (unpaired) electrons. The molecular formula is C9H6BrNO3. The molecule has 0 atom stereocenters. The van der Waals surface area contributed by atoms with Crippen LogP contribution in [0.1, 0.15) is 0 Å². The summed E-state index contributed by atoms with van der Waals surface area (Å²) in [5, 5.41) is 9.35. The number of hydrogen-bond donors (Lipinski definition) is 2. The number of para-hydroxylation sites is 1. The van der Waals surface area contributed by atoms with Crippen molar-refractivity contribution >= 4 is 33.0 Å². The molecule has 0 aliphatic heterocycles. The molecule has 2 rings (SSSR count). The van der Waals surface area contributed by atoms with E-state index in [2.05, 4.69) is 25.7 Å². The number of ether oxygens (including phenoxy) is 1. The van der Waals surface area contributed by atoms with Crippen LogP contribution in [-0.2, 0) is 0 Å². The quantitative estimate of drug-likeness (QED) is 0.771. The minimum atomic E-state index is -1.34. The van der Waals surface area contributed by atoms with Crippen molar-refractivity contribution in [1.29, 1.82) is 0 Å². The van der Waals surface area contributed by atoms with E-state index in [1.807, 2.05) is 24.3 Å². The molecule has 1 heterocycles. The molecule has 0 unspecified atom stereocenters. The summed E-state index contributed by atoms with van der Waals surface area (Å²) in [5.41, 5.74) is 0.829. The van der Waals surface area contributed by atoms with Gasteiger partial charge in [-0.1, -0.05) is 18.2 Å². The van der Waals surface area contributed by atoms with Gasteiger partial charge in [0, 0.05) is 10.9 Å². The summed E-state index contributed by atoms with van der Waals surface area (Å²) in [4.78, 5) is 13.2. The van der Waals surface area contributed by atoms with Gasteiger partial charge in [-0.2, -0.15) is 0 Å². The van der Waals surface area contributed by atoms with E-state index in [9.17, 15) is 4.79 Å². The predicted molar refractivity (Wildman–Crippen MR) is 54.7 cm³/mol. The number of H-pyrrole nitrogens is 1. The molecule has 0 amide bonds. The maximum Gasteiger partial charge on any atom is 0.512 e. The number of rotatable bonds is 1. The number of carboxylic acid groups (broad SMARTS) is 1. The van der Waals surface area contributed by atoms with E-state index in [-0.39, 0.29) is 5.88 Å². The summed E-state index contributed by atoms with van der Waals surface area (Å²) < 4.78 is 5.17. The maximum absolute atomic E-state index is 10.3. The number of carbonyl (C=O) groups is 1. The van der Waals surface area contributed by atoms with Crippen molar-refractivity contribution in [3.8, 4) is 5.88 Å². The van der Waals surface area contributed by atoms with Gasteiger partial charge in [-0.25, -0.2) is 4.79 Å². The van der Waals surface area contributed by atoms with Crippen LogP contribution in [-0.4, -0.2) is 16.2 Å². The Morgan fingerprint density at radius 1 is 1.43 bits per heavy atom. The lowest BCUT2D eigenvalue weighted by molar-refractivity contribution is 0.142. The van der Waals surface area contributed by atoms with Crippen molar-refractivity contribution in [2.75, 3.05) is 0 Å². The summed E-state index contributed by atoms with van der Waals surface area (Å²) in [6, 6.07) is 7.43. The number of aromatic amines is 1. The molecular weight excluding hydrogens is 250 g/mol. The van der Waals surface area contributed by atoms with Crippen molar-refractivity contribution in [2.45, 2.75) is 0 Å². The standard InChI is InChI=1S/C9H6BrNO3/c10-7-5-3-1-2-4-6(5)11-8(7)14-9(12)13/h1-4,11H,(H,12,13). The largest absolute Gasteiger partial charge is 0.512 e. The van der Waals surface area contributed by atoms with E-state index in [1.165, 1.54) is 0 Å². The van der Waals surface area contributed by atoms with Crippen LogP contribution in [0, 0.1) is 0 Å². The van der Waals surface area contributed by atoms with Gasteiger partial charge in [0.1, 0.15) is 0 Å². The van der Waals surface area contributed by atoms with Crippen molar-refractivity contribution in [3.63, 3.8) is 0 Å². The highest BCUT2D eigenvalue weighted by Crippen LogP contribution is 2.32. The number of hydrogen-bond acceptors (Lipinski definition) is 2. The van der Waals surface area contributed by atoms with Crippen LogP contribution < -0.4 is 4.74 Å². The van der Waals surface area contributed by atoms with Gasteiger partial charge in [0.25, 0.3) is 0 Å². The summed E-state index contributed by atoms with van der Waals surface area (Å²) in [6.45, 7) is 0. The Morgan fingerprint density at radius 3 is 2.79 bits per heavy atom. The molecule has 0 spiro atoms. The van der Waals surface area contributed by atoms with Gasteiger partial charge < -0.3 is 14.8 Å². The molecule has 1 aromatic carbocycles. The smallest absolute Gasteiger partial charge is 0.449 e. The third kappa shape index (κ3) is 1.46. The van der Waals surface area contributed by atoms with Crippen LogP contribution in [0.4, 0.5) is 4.79 Å². The van der Waals surface area contributed by atoms with Crippen molar-refractivity contribution in [2.24, 2.45) is 0 Å². The number of halogens is 1. The molecule has 5 heteroatoms. The summed E-state index contributed by atoms with van der Waals surface area (Å²) in [7, 11) is 0. The average Bonchev–Trinajstić information content (AvgIpc) is 2.44. The highest BCUT2D eigenvalue weighted by atomic mass is 79.9. The third-order valence-corrected chi connectivity index (χ3v) is 2.59. The predicted octanol–water partition coefficient (Wildman–Crippen LogP) is 2.99. The Morgan fingerprint density at radius 2 is 2.14 bits per heavy atom. The molecule has 0 saturated heterocycles. The Hall–Kier alpha value is -1.49. The van der Waals surface area contributed by atoms with E-state index in [0.29, 0.717) is 4.47 Å². The zero-order valence-electron chi connectivity index (χ0n) is 6.95. The molecule has 0 fully saturated rings. The highest BCUT2D eigenvalue weighted by molar-refractivity contribution is 9.10. The molecule has 0 saturated carbocycles. The fourth-order valence-electron chi connectivity index (χ4n) is 1.24. The molecule has 72 valence electrons. The summed E-state index contributed by atoms with van der Waals surface area (Å²) >= 11 is 3.26. The second-order valence-corrected chi connectivity index (χ2v) is 3.47. The van der Waals surface area contributed by atoms with E-state index >= 15 is 0 Å². The first-order valence-electron chi connectivity index (χ1n) is 3.85. The van der Waals surface area contributed by atoms with Gasteiger partial charge in [-0.05, 0) is 22.0 Å². The number of aromatic nitrogens is 1. The monoisotopic (exact) mass is 255 g/mol. The van der Waals surface area contributed by atoms with Crippen LogP contribution >= 0.6 is 15.9 Å². The lowest BCUT2D eigenvalue weighted by Gasteiger charge is -1.94. The van der Waals surface area contributed by atoms with Crippen molar-refractivity contribution in [1.82, 2.24) is 4.98 Å². The lowest BCUT2D eigenvalue weighted by Crippen LogP contribution is -2.03. The molecule has 4 nitrogen and oxygen atoms in total. The Balaban J connectivity index is 2.57. The van der Waals surface area contributed by atoms with Crippen LogP contribution in [0.25, 0.3) is 10.9 Å². The van der Waals surface area contributed by atoms with Gasteiger partial charge in [0.05, 0.1) is 4.47 Å². The molecule has 14 heavy (non-hydrogen) atoms. The topological polar surface area (TPSA) is 62.3 Å². The average molecular weight is 256 g/mol. The normalized spacial score (nSPS) is 10.4. The van der Waals surface area contributed by atoms with E-state index in [1.54, 1.807) is 0 Å². The zero-order chi connectivity index (χ0) is 10.1. The number of fused-ring (bicyclic) bond motifs is 1. The van der Waals surface area contributed by atoms with Gasteiger partial charge in [0.15, 0.2) is 0 Å². The van der Waals surface area contributed by atoms with E-state index in [0.717, 1.165) is 10.9 Å². The number of nitrogens with one attached hydrogen (secondary N) is 1. The Labute approximate surface area is 87.6 Å². The van der Waals surface area contributed by atoms with E-state index in [4.69, 9.17) is 5.11 Å². The van der Waals surface area contributed by atoms with Gasteiger partial charge in [0.2, 0.25) is 5.88 Å². The van der Waals surface area contributed by atoms with Crippen LogP contribution in [0.2, 0.25) is 0 Å². The lowest BCUT2D eigenvalue weighted by atomic mass is 10.3. The second-order valence-electron chi connectivity index (χ2n) is 2.68. The van der Waals surface area contributed by atoms with Crippen molar-refractivity contribution < 1.29 is 14.6 Å². The van der Waals surface area contributed by atoms with Gasteiger partial charge >= 0.3 is 6.16 Å². The van der Waals surface area contributed by atoms with Gasteiger partial charge in [-0.15, -0.1) is 0 Å². The highest BCUT2D eigenvalue weighted by Gasteiger charge is 2.11. The molecule has 1 aromatic heterocycles. The SMILES string of the molecule is O=C(O)Oc1[nH]c2ccccc2c1Br. The Bertz CT molecular complexity index is 492. The fourth-order valence-corrected chi connectivity index (χ4v) is 1.77. The number of benzene rings is 1. The molecule has 0 bridgehead atoms. The summed E-state index contributed by atoms with van der Waals surface area (Å²) in [5.74, 6) is 0.207. The van der Waals surface area contributed by atoms with Crippen LogP contribution in [0.5, 0.6) is 5.88 Å². The van der Waals surface area contributed by atoms with Crippen LogP contribution in [0.15, 0.2) is 28.7 Å². The minimum absolute atomic E-state index is 0.207. The minimum Gasteiger partial charge on any atom is -0.449 e.